The molecule has 78 valence electrons. The number of halogens is 1. The molecule has 0 atom stereocenters. The Morgan fingerprint density at radius 2 is 2.29 bits per heavy atom. The van der Waals surface area contributed by atoms with Gasteiger partial charge in [0, 0.05) is 37.6 Å². The van der Waals surface area contributed by atoms with Gasteiger partial charge in [-0.05, 0) is 6.92 Å². The second-order valence-corrected chi connectivity index (χ2v) is 2.84. The molecular formula is C9H15ClN4. The summed E-state index contributed by atoms with van der Waals surface area (Å²) in [6, 6.07) is 0. The lowest BCUT2D eigenvalue weighted by atomic mass is 10.4. The molecule has 0 saturated heterocycles. The van der Waals surface area contributed by atoms with Gasteiger partial charge < -0.3 is 9.88 Å². The summed E-state index contributed by atoms with van der Waals surface area (Å²) in [5, 5.41) is 0. The molecule has 5 heteroatoms. The van der Waals surface area contributed by atoms with Crippen molar-refractivity contribution in [1.29, 1.82) is 0 Å². The third-order valence-electron chi connectivity index (χ3n) is 1.50. The maximum absolute atomic E-state index is 4.07. The summed E-state index contributed by atoms with van der Waals surface area (Å²) in [6.45, 7) is 3.00. The van der Waals surface area contributed by atoms with Crippen LogP contribution in [0.15, 0.2) is 36.1 Å². The number of imidazole rings is 1. The zero-order valence-corrected chi connectivity index (χ0v) is 9.16. The Morgan fingerprint density at radius 1 is 1.50 bits per heavy atom. The first-order valence-corrected chi connectivity index (χ1v) is 4.12. The van der Waals surface area contributed by atoms with Crippen molar-refractivity contribution in [3.8, 4) is 0 Å². The van der Waals surface area contributed by atoms with E-state index in [0.717, 1.165) is 6.54 Å². The van der Waals surface area contributed by atoms with Crippen LogP contribution in [0.1, 0.15) is 6.92 Å². The van der Waals surface area contributed by atoms with E-state index in [-0.39, 0.29) is 12.4 Å². The van der Waals surface area contributed by atoms with Crippen molar-refractivity contribution < 1.29 is 0 Å². The number of nitrogens with zero attached hydrogens (tertiary/aromatic N) is 3. The summed E-state index contributed by atoms with van der Waals surface area (Å²) in [5.74, 6) is 0. The van der Waals surface area contributed by atoms with Gasteiger partial charge in [0.2, 0.25) is 0 Å². The predicted octanol–water partition coefficient (Wildman–Crippen LogP) is 1.70. The van der Waals surface area contributed by atoms with Crippen LogP contribution in [-0.2, 0) is 0 Å². The molecule has 0 amide bonds. The maximum atomic E-state index is 4.07. The number of rotatable bonds is 0. The van der Waals surface area contributed by atoms with E-state index in [4.69, 9.17) is 0 Å². The topological polar surface area (TPSA) is 44.3 Å². The minimum atomic E-state index is 0. The largest absolute Gasteiger partial charge is 0.374 e. The van der Waals surface area contributed by atoms with E-state index in [9.17, 15) is 0 Å². The fourth-order valence-electron chi connectivity index (χ4n) is 0.944. The van der Waals surface area contributed by atoms with Crippen molar-refractivity contribution >= 4 is 18.1 Å². The smallest absolute Gasteiger partial charge is 0.0919 e. The second-order valence-electron chi connectivity index (χ2n) is 2.84. The summed E-state index contributed by atoms with van der Waals surface area (Å²) in [4.78, 5) is 12.6. The Morgan fingerprint density at radius 3 is 2.57 bits per heavy atom. The molecule has 0 unspecified atom stereocenters. The average molecular weight is 215 g/mol. The number of aliphatic imine (C=N–C) groups is 1. The lowest BCUT2D eigenvalue weighted by Crippen LogP contribution is -2.20. The molecule has 0 saturated carbocycles. The van der Waals surface area contributed by atoms with E-state index in [2.05, 4.69) is 19.9 Å². The first-order chi connectivity index (χ1) is 6.29. The van der Waals surface area contributed by atoms with E-state index >= 15 is 0 Å². The average Bonchev–Trinajstić information content (AvgIpc) is 2.59. The molecular weight excluding hydrogens is 200 g/mol. The van der Waals surface area contributed by atoms with Crippen LogP contribution < -0.4 is 0 Å². The first kappa shape index (κ1) is 12.7. The van der Waals surface area contributed by atoms with E-state index < -0.39 is 0 Å². The summed E-state index contributed by atoms with van der Waals surface area (Å²) in [7, 11) is 2.04. The van der Waals surface area contributed by atoms with Crippen molar-refractivity contribution in [1.82, 2.24) is 14.9 Å². The van der Waals surface area contributed by atoms with Gasteiger partial charge in [0.05, 0.1) is 12.9 Å². The molecule has 0 spiro atoms. The molecule has 0 bridgehead atoms. The van der Waals surface area contributed by atoms with Gasteiger partial charge in [0.1, 0.15) is 0 Å². The predicted molar refractivity (Wildman–Crippen MR) is 60.7 cm³/mol. The molecule has 2 rings (SSSR count). The molecule has 0 aliphatic carbocycles. The van der Waals surface area contributed by atoms with Crippen LogP contribution in [0, 0.1) is 0 Å². The highest BCUT2D eigenvalue weighted by molar-refractivity contribution is 5.85. The van der Waals surface area contributed by atoms with Gasteiger partial charge in [-0.3, -0.25) is 4.99 Å². The Labute approximate surface area is 90.2 Å². The molecule has 1 aromatic rings. The van der Waals surface area contributed by atoms with Crippen molar-refractivity contribution in [3.05, 3.63) is 31.1 Å². The molecule has 4 nitrogen and oxygen atoms in total. The van der Waals surface area contributed by atoms with E-state index in [0.29, 0.717) is 0 Å². The first-order valence-electron chi connectivity index (χ1n) is 4.12. The number of nitrogens with one attached hydrogen (secondary N) is 1. The van der Waals surface area contributed by atoms with E-state index in [1.54, 1.807) is 18.7 Å². The molecule has 14 heavy (non-hydrogen) atoms. The molecule has 1 aliphatic rings. The highest BCUT2D eigenvalue weighted by Crippen LogP contribution is 1.94. The quantitative estimate of drug-likeness (QED) is 0.715. The van der Waals surface area contributed by atoms with Crippen LogP contribution in [0.2, 0.25) is 0 Å². The van der Waals surface area contributed by atoms with Crippen molar-refractivity contribution in [3.63, 3.8) is 0 Å². The lowest BCUT2D eigenvalue weighted by molar-refractivity contribution is 0.516. The third kappa shape index (κ3) is 5.37. The number of H-pyrrole nitrogens is 1. The fourth-order valence-corrected chi connectivity index (χ4v) is 0.944. The van der Waals surface area contributed by atoms with Gasteiger partial charge in [0.25, 0.3) is 0 Å². The zero-order chi connectivity index (χ0) is 9.52. The highest BCUT2D eigenvalue weighted by Gasteiger charge is 1.96. The minimum Gasteiger partial charge on any atom is -0.374 e. The zero-order valence-electron chi connectivity index (χ0n) is 8.34. The summed E-state index contributed by atoms with van der Waals surface area (Å²) >= 11 is 0. The third-order valence-corrected chi connectivity index (χ3v) is 1.50. The second kappa shape index (κ2) is 7.15. The van der Waals surface area contributed by atoms with Crippen LogP contribution in [0.25, 0.3) is 0 Å². The summed E-state index contributed by atoms with van der Waals surface area (Å²) < 4.78 is 0. The van der Waals surface area contributed by atoms with Gasteiger partial charge in [-0.15, -0.1) is 12.4 Å². The molecule has 2 heterocycles. The Kier molecular flexibility index (Phi) is 6.49. The van der Waals surface area contributed by atoms with E-state index in [1.165, 1.54) is 5.71 Å². The fraction of sp³-hybridized carbons (Fsp3) is 0.333. The number of aromatic nitrogens is 2. The van der Waals surface area contributed by atoms with E-state index in [1.807, 2.05) is 26.4 Å². The Hall–Kier alpha value is -1.29. The van der Waals surface area contributed by atoms with Crippen LogP contribution in [0.3, 0.4) is 0 Å². The highest BCUT2D eigenvalue weighted by atomic mass is 35.5. The normalized spacial score (nSPS) is 13.6. The molecule has 0 fully saturated rings. The van der Waals surface area contributed by atoms with Crippen LogP contribution >= 0.6 is 12.4 Å². The van der Waals surface area contributed by atoms with Crippen molar-refractivity contribution in [2.24, 2.45) is 4.99 Å². The molecule has 1 N–H and O–H groups in total. The Balaban J connectivity index is 0.000000246. The minimum absolute atomic E-state index is 0. The van der Waals surface area contributed by atoms with Gasteiger partial charge >= 0.3 is 0 Å². The van der Waals surface area contributed by atoms with Gasteiger partial charge in [-0.25, -0.2) is 4.98 Å². The molecule has 1 aliphatic heterocycles. The number of hydrogen-bond donors (Lipinski definition) is 1. The number of aromatic amines is 1. The SMILES string of the molecule is CC1=NC=CN(C)C1.Cl.c1c[nH]cn1. The van der Waals surface area contributed by atoms with Crippen LogP contribution in [-0.4, -0.2) is 34.2 Å². The van der Waals surface area contributed by atoms with Gasteiger partial charge in [0.15, 0.2) is 0 Å². The molecule has 0 aromatic carbocycles. The maximum Gasteiger partial charge on any atom is 0.0919 e. The number of hydrogen-bond acceptors (Lipinski definition) is 3. The Bertz CT molecular complexity index is 262. The van der Waals surface area contributed by atoms with Gasteiger partial charge in [-0.2, -0.15) is 0 Å². The molecule has 1 aromatic heterocycles. The van der Waals surface area contributed by atoms with Gasteiger partial charge in [-0.1, -0.05) is 0 Å². The monoisotopic (exact) mass is 214 g/mol. The van der Waals surface area contributed by atoms with Crippen LogP contribution in [0.4, 0.5) is 0 Å². The lowest BCUT2D eigenvalue weighted by Gasteiger charge is -2.15. The summed E-state index contributed by atoms with van der Waals surface area (Å²) in [6.07, 6.45) is 8.87. The summed E-state index contributed by atoms with van der Waals surface area (Å²) in [5.41, 5.74) is 1.18. The van der Waals surface area contributed by atoms with Crippen molar-refractivity contribution in [2.75, 3.05) is 13.6 Å². The van der Waals surface area contributed by atoms with Crippen molar-refractivity contribution in [2.45, 2.75) is 6.92 Å². The standard InChI is InChI=1S/C6H10N2.C3H4N2.ClH/c1-6-5-8(2)4-3-7-6;1-2-5-3-4-1;/h3-4H,5H2,1-2H3;1-3H,(H,4,5);1H. The molecule has 0 radical (unpaired) electrons. The van der Waals surface area contributed by atoms with Crippen LogP contribution in [0.5, 0.6) is 0 Å².